The number of amides is 2. The molecule has 3 rings (SSSR count). The van der Waals surface area contributed by atoms with Crippen molar-refractivity contribution in [2.45, 2.75) is 50.4 Å². The molecule has 4 atom stereocenters. The minimum absolute atomic E-state index is 0.101. The smallest absolute Gasteiger partial charge is 0.315 e. The molecule has 2 fully saturated rings. The Labute approximate surface area is 130 Å². The van der Waals surface area contributed by atoms with E-state index in [2.05, 4.69) is 10.6 Å². The fourth-order valence-corrected chi connectivity index (χ4v) is 3.50. The van der Waals surface area contributed by atoms with Crippen LogP contribution in [0.1, 0.15) is 38.4 Å². The summed E-state index contributed by atoms with van der Waals surface area (Å²) in [5, 5.41) is 16.1. The summed E-state index contributed by atoms with van der Waals surface area (Å²) in [7, 11) is 0. The normalized spacial score (nSPS) is 30.4. The summed E-state index contributed by atoms with van der Waals surface area (Å²) in [5.41, 5.74) is -1.22. The first-order valence-electron chi connectivity index (χ1n) is 7.98. The Morgan fingerprint density at radius 3 is 3.09 bits per heavy atom. The van der Waals surface area contributed by atoms with Crippen LogP contribution >= 0.6 is 0 Å². The highest BCUT2D eigenvalue weighted by Gasteiger charge is 2.38. The molecule has 0 spiro atoms. The minimum atomic E-state index is -1.22. The van der Waals surface area contributed by atoms with Gasteiger partial charge in [-0.15, -0.1) is 0 Å². The predicted octanol–water partition coefficient (Wildman–Crippen LogP) is 1.74. The van der Waals surface area contributed by atoms with Crippen LogP contribution in [0, 0.1) is 5.92 Å². The number of rotatable bonds is 4. The Morgan fingerprint density at radius 2 is 2.32 bits per heavy atom. The van der Waals surface area contributed by atoms with Gasteiger partial charge in [0.05, 0.1) is 18.9 Å². The number of hydrogen-bond acceptors (Lipinski definition) is 4. The molecule has 0 aromatic carbocycles. The molecule has 6 heteroatoms. The fourth-order valence-electron chi connectivity index (χ4n) is 3.50. The molecule has 1 saturated heterocycles. The van der Waals surface area contributed by atoms with Crippen LogP contribution in [-0.2, 0) is 10.3 Å². The number of carbonyl (C=O) groups is 1. The number of urea groups is 1. The second-order valence-corrected chi connectivity index (χ2v) is 6.48. The number of ether oxygens (including phenoxy) is 1. The lowest BCUT2D eigenvalue weighted by atomic mass is 9.82. The molecule has 1 aliphatic heterocycles. The first-order valence-corrected chi connectivity index (χ1v) is 7.98. The molecule has 1 aromatic rings. The van der Waals surface area contributed by atoms with Crippen molar-refractivity contribution in [2.75, 3.05) is 13.2 Å². The second kappa shape index (κ2) is 6.30. The number of furan rings is 1. The maximum atomic E-state index is 12.1. The van der Waals surface area contributed by atoms with Crippen molar-refractivity contribution >= 4 is 6.03 Å². The zero-order chi connectivity index (χ0) is 15.6. The van der Waals surface area contributed by atoms with Gasteiger partial charge in [0.15, 0.2) is 0 Å². The molecule has 2 amide bonds. The van der Waals surface area contributed by atoms with Crippen LogP contribution in [-0.4, -0.2) is 36.4 Å². The molecule has 22 heavy (non-hydrogen) atoms. The van der Waals surface area contributed by atoms with Gasteiger partial charge in [0.25, 0.3) is 0 Å². The fraction of sp³-hybridized carbons (Fsp3) is 0.688. The van der Waals surface area contributed by atoms with Crippen LogP contribution < -0.4 is 10.6 Å². The van der Waals surface area contributed by atoms with E-state index in [4.69, 9.17) is 9.15 Å². The van der Waals surface area contributed by atoms with Crippen molar-refractivity contribution in [1.29, 1.82) is 0 Å². The van der Waals surface area contributed by atoms with Gasteiger partial charge in [-0.1, -0.05) is 0 Å². The summed E-state index contributed by atoms with van der Waals surface area (Å²) in [4.78, 5) is 12.1. The van der Waals surface area contributed by atoms with Gasteiger partial charge in [0, 0.05) is 18.6 Å². The zero-order valence-corrected chi connectivity index (χ0v) is 12.9. The molecule has 1 saturated carbocycles. The third-order valence-electron chi connectivity index (χ3n) is 4.74. The quantitative estimate of drug-likeness (QED) is 0.791. The van der Waals surface area contributed by atoms with Gasteiger partial charge in [-0.25, -0.2) is 4.79 Å². The van der Waals surface area contributed by atoms with E-state index in [1.807, 2.05) is 0 Å². The summed E-state index contributed by atoms with van der Waals surface area (Å²) < 4.78 is 10.9. The van der Waals surface area contributed by atoms with E-state index < -0.39 is 5.60 Å². The molecule has 2 heterocycles. The van der Waals surface area contributed by atoms with Crippen LogP contribution in [0.25, 0.3) is 0 Å². The van der Waals surface area contributed by atoms with E-state index in [-0.39, 0.29) is 18.6 Å². The van der Waals surface area contributed by atoms with Gasteiger partial charge in [0.2, 0.25) is 0 Å². The topological polar surface area (TPSA) is 83.7 Å². The molecule has 1 aliphatic carbocycles. The first-order chi connectivity index (χ1) is 10.6. The van der Waals surface area contributed by atoms with Gasteiger partial charge >= 0.3 is 6.03 Å². The summed E-state index contributed by atoms with van der Waals surface area (Å²) in [6.45, 7) is 2.51. The van der Waals surface area contributed by atoms with E-state index >= 15 is 0 Å². The van der Waals surface area contributed by atoms with Crippen molar-refractivity contribution in [3.8, 4) is 0 Å². The molecule has 0 bridgehead atoms. The highest BCUT2D eigenvalue weighted by molar-refractivity contribution is 5.74. The summed E-state index contributed by atoms with van der Waals surface area (Å²) in [6, 6.07) is 3.33. The van der Waals surface area contributed by atoms with E-state index in [1.54, 1.807) is 19.1 Å². The summed E-state index contributed by atoms with van der Waals surface area (Å²) in [6.07, 6.45) is 5.98. The molecule has 4 unspecified atom stereocenters. The highest BCUT2D eigenvalue weighted by Crippen LogP contribution is 2.34. The van der Waals surface area contributed by atoms with E-state index in [0.29, 0.717) is 17.8 Å². The maximum absolute atomic E-state index is 12.1. The van der Waals surface area contributed by atoms with E-state index in [0.717, 1.165) is 32.3 Å². The SMILES string of the molecule is CC(O)(CNC(=O)NC1CCCC2OCCC12)c1ccco1. The van der Waals surface area contributed by atoms with E-state index in [1.165, 1.54) is 6.26 Å². The third kappa shape index (κ3) is 3.28. The average Bonchev–Trinajstić information content (AvgIpc) is 3.17. The minimum Gasteiger partial charge on any atom is -0.466 e. The Bertz CT molecular complexity index is 500. The highest BCUT2D eigenvalue weighted by atomic mass is 16.5. The Morgan fingerprint density at radius 1 is 1.45 bits per heavy atom. The van der Waals surface area contributed by atoms with Crippen LogP contribution in [0.5, 0.6) is 0 Å². The van der Waals surface area contributed by atoms with Crippen molar-refractivity contribution < 1.29 is 19.1 Å². The van der Waals surface area contributed by atoms with Gasteiger partial charge in [-0.05, 0) is 44.7 Å². The first kappa shape index (κ1) is 15.4. The van der Waals surface area contributed by atoms with Gasteiger partial charge in [0.1, 0.15) is 11.4 Å². The van der Waals surface area contributed by atoms with E-state index in [9.17, 15) is 9.90 Å². The van der Waals surface area contributed by atoms with Crippen LogP contribution in [0.15, 0.2) is 22.8 Å². The van der Waals surface area contributed by atoms with Crippen molar-refractivity contribution in [2.24, 2.45) is 5.92 Å². The largest absolute Gasteiger partial charge is 0.466 e. The monoisotopic (exact) mass is 308 g/mol. The third-order valence-corrected chi connectivity index (χ3v) is 4.74. The average molecular weight is 308 g/mol. The molecular formula is C16H24N2O4. The van der Waals surface area contributed by atoms with Crippen molar-refractivity contribution in [3.63, 3.8) is 0 Å². The summed E-state index contributed by atoms with van der Waals surface area (Å²) >= 11 is 0. The lowest BCUT2D eigenvalue weighted by Gasteiger charge is -2.33. The standard InChI is InChI=1S/C16H24N2O4/c1-16(20,14-6-3-8-22-14)10-17-15(19)18-12-4-2-5-13-11(12)7-9-21-13/h3,6,8,11-13,20H,2,4-5,7,9-10H2,1H3,(H2,17,18,19). The van der Waals surface area contributed by atoms with Crippen LogP contribution in [0.3, 0.4) is 0 Å². The molecule has 6 nitrogen and oxygen atoms in total. The lowest BCUT2D eigenvalue weighted by molar-refractivity contribution is 0.0356. The molecule has 122 valence electrons. The Kier molecular flexibility index (Phi) is 4.40. The summed E-state index contributed by atoms with van der Waals surface area (Å²) in [5.74, 6) is 0.861. The van der Waals surface area contributed by atoms with Crippen molar-refractivity contribution in [1.82, 2.24) is 10.6 Å². The van der Waals surface area contributed by atoms with Gasteiger partial charge in [-0.2, -0.15) is 0 Å². The molecule has 3 N–H and O–H groups in total. The molecule has 0 radical (unpaired) electrons. The number of fused-ring (bicyclic) bond motifs is 1. The molecular weight excluding hydrogens is 284 g/mol. The molecule has 2 aliphatic rings. The number of hydrogen-bond donors (Lipinski definition) is 3. The Balaban J connectivity index is 1.50. The number of aliphatic hydroxyl groups is 1. The van der Waals surface area contributed by atoms with Gasteiger partial charge < -0.3 is 24.9 Å². The Hall–Kier alpha value is -1.53. The lowest BCUT2D eigenvalue weighted by Crippen LogP contribution is -2.51. The van der Waals surface area contributed by atoms with Crippen LogP contribution in [0.2, 0.25) is 0 Å². The number of nitrogens with one attached hydrogen (secondary N) is 2. The van der Waals surface area contributed by atoms with Crippen LogP contribution in [0.4, 0.5) is 4.79 Å². The zero-order valence-electron chi connectivity index (χ0n) is 12.9. The molecule has 1 aromatic heterocycles. The van der Waals surface area contributed by atoms with Gasteiger partial charge in [-0.3, -0.25) is 0 Å². The predicted molar refractivity (Wildman–Crippen MR) is 80.3 cm³/mol. The maximum Gasteiger partial charge on any atom is 0.315 e. The second-order valence-electron chi connectivity index (χ2n) is 6.48. The van der Waals surface area contributed by atoms with Crippen molar-refractivity contribution in [3.05, 3.63) is 24.2 Å². The number of carbonyl (C=O) groups excluding carboxylic acids is 1.